The van der Waals surface area contributed by atoms with Crippen molar-refractivity contribution in [1.82, 2.24) is 0 Å². The molecule has 2 rings (SSSR count). The van der Waals surface area contributed by atoms with Crippen LogP contribution in [0, 0.1) is 23.2 Å². The molecule has 1 saturated carbocycles. The number of hydrogen-bond donors (Lipinski definition) is 0. The molecule has 0 atom stereocenters. The summed E-state index contributed by atoms with van der Waals surface area (Å²) in [6, 6.07) is 7.73. The van der Waals surface area contributed by atoms with Gasteiger partial charge in [-0.2, -0.15) is 14.0 Å². The van der Waals surface area contributed by atoms with Gasteiger partial charge < -0.3 is 4.74 Å². The van der Waals surface area contributed by atoms with Crippen LogP contribution in [0.4, 0.5) is 8.78 Å². The fourth-order valence-electron chi connectivity index (χ4n) is 2.43. The van der Waals surface area contributed by atoms with Crippen LogP contribution in [0.15, 0.2) is 24.3 Å². The molecular formula is C15H17F2NO. The first kappa shape index (κ1) is 13.8. The topological polar surface area (TPSA) is 33.0 Å². The highest BCUT2D eigenvalue weighted by molar-refractivity contribution is 5.34. The van der Waals surface area contributed by atoms with E-state index in [9.17, 15) is 8.78 Å². The number of ether oxygens (including phenoxy) is 1. The minimum Gasteiger partial charge on any atom is -0.432 e. The Morgan fingerprint density at radius 1 is 1.16 bits per heavy atom. The molecule has 0 bridgehead atoms. The molecule has 0 aliphatic heterocycles. The van der Waals surface area contributed by atoms with E-state index in [-0.39, 0.29) is 5.75 Å². The van der Waals surface area contributed by atoms with Crippen LogP contribution in [0.25, 0.3) is 0 Å². The van der Waals surface area contributed by atoms with Crippen LogP contribution in [0.1, 0.15) is 38.2 Å². The molecule has 0 radical (unpaired) electrons. The molecule has 102 valence electrons. The first-order valence-electron chi connectivity index (χ1n) is 6.58. The van der Waals surface area contributed by atoms with Crippen LogP contribution >= 0.6 is 0 Å². The number of alkyl halides is 2. The second-order valence-corrected chi connectivity index (χ2v) is 5.26. The van der Waals surface area contributed by atoms with Crippen molar-refractivity contribution < 1.29 is 13.5 Å². The van der Waals surface area contributed by atoms with Gasteiger partial charge in [-0.1, -0.05) is 19.8 Å². The Morgan fingerprint density at radius 3 is 2.26 bits per heavy atom. The van der Waals surface area contributed by atoms with Crippen LogP contribution in [0.3, 0.4) is 0 Å². The number of hydrogen-bond acceptors (Lipinski definition) is 2. The van der Waals surface area contributed by atoms with Crippen molar-refractivity contribution in [3.8, 4) is 11.8 Å². The molecule has 2 nitrogen and oxygen atoms in total. The van der Waals surface area contributed by atoms with E-state index in [1.807, 2.05) is 6.07 Å². The first-order chi connectivity index (χ1) is 9.01. The van der Waals surface area contributed by atoms with E-state index < -0.39 is 12.0 Å². The monoisotopic (exact) mass is 265 g/mol. The second kappa shape index (κ2) is 5.56. The molecule has 0 N–H and O–H groups in total. The number of rotatable bonds is 3. The molecule has 19 heavy (non-hydrogen) atoms. The van der Waals surface area contributed by atoms with Gasteiger partial charge in [-0.15, -0.1) is 0 Å². The molecule has 0 spiro atoms. The summed E-state index contributed by atoms with van der Waals surface area (Å²) in [6.07, 6.45) is -0.461. The fourth-order valence-corrected chi connectivity index (χ4v) is 2.43. The SMILES string of the molecule is CC1CCC(C(F)(F)Oc2ccc(C#N)cc2)CC1. The van der Waals surface area contributed by atoms with Crippen molar-refractivity contribution in [2.24, 2.45) is 11.8 Å². The highest BCUT2D eigenvalue weighted by Crippen LogP contribution is 2.39. The zero-order chi connectivity index (χ0) is 13.9. The smallest absolute Gasteiger partial charge is 0.400 e. The van der Waals surface area contributed by atoms with E-state index in [4.69, 9.17) is 10.00 Å². The van der Waals surface area contributed by atoms with Gasteiger partial charge in [0.1, 0.15) is 5.75 Å². The summed E-state index contributed by atoms with van der Waals surface area (Å²) in [5.41, 5.74) is 0.433. The van der Waals surface area contributed by atoms with Crippen LogP contribution in [-0.4, -0.2) is 6.11 Å². The summed E-state index contributed by atoms with van der Waals surface area (Å²) < 4.78 is 32.9. The van der Waals surface area contributed by atoms with Crippen molar-refractivity contribution in [3.63, 3.8) is 0 Å². The van der Waals surface area contributed by atoms with Gasteiger partial charge in [0.2, 0.25) is 0 Å². The summed E-state index contributed by atoms with van der Waals surface area (Å²) >= 11 is 0. The highest BCUT2D eigenvalue weighted by atomic mass is 19.3. The standard InChI is InChI=1S/C15H17F2NO/c1-11-2-6-13(7-3-11)15(16,17)19-14-8-4-12(10-18)5-9-14/h4-5,8-9,11,13H,2-3,6-7H2,1H3. The van der Waals surface area contributed by atoms with Crippen molar-refractivity contribution in [2.45, 2.75) is 38.7 Å². The Balaban J connectivity index is 2.01. The molecule has 1 aromatic rings. The zero-order valence-corrected chi connectivity index (χ0v) is 10.9. The minimum atomic E-state index is -3.13. The van der Waals surface area contributed by atoms with E-state index in [2.05, 4.69) is 6.92 Å². The number of nitriles is 1. The van der Waals surface area contributed by atoms with Crippen LogP contribution in [0.5, 0.6) is 5.75 Å². The van der Waals surface area contributed by atoms with E-state index in [0.29, 0.717) is 24.3 Å². The predicted octanol–water partition coefficient (Wildman–Crippen LogP) is 4.36. The first-order valence-corrected chi connectivity index (χ1v) is 6.58. The van der Waals surface area contributed by atoms with Crippen LogP contribution in [0.2, 0.25) is 0 Å². The van der Waals surface area contributed by atoms with E-state index >= 15 is 0 Å². The molecule has 1 aliphatic carbocycles. The molecular weight excluding hydrogens is 248 g/mol. The van der Waals surface area contributed by atoms with Gasteiger partial charge in [0, 0.05) is 0 Å². The van der Waals surface area contributed by atoms with Gasteiger partial charge in [0.05, 0.1) is 17.6 Å². The Bertz CT molecular complexity index is 456. The van der Waals surface area contributed by atoms with E-state index in [1.54, 1.807) is 0 Å². The molecule has 0 heterocycles. The lowest BCUT2D eigenvalue weighted by molar-refractivity contribution is -0.223. The van der Waals surface area contributed by atoms with Gasteiger partial charge in [-0.3, -0.25) is 0 Å². The van der Waals surface area contributed by atoms with Gasteiger partial charge in [-0.25, -0.2) is 0 Å². The quantitative estimate of drug-likeness (QED) is 0.813. The van der Waals surface area contributed by atoms with E-state index in [0.717, 1.165) is 12.8 Å². The molecule has 0 amide bonds. The summed E-state index contributed by atoms with van der Waals surface area (Å²) in [5.74, 6) is -0.0658. The van der Waals surface area contributed by atoms with Crippen molar-refractivity contribution in [3.05, 3.63) is 29.8 Å². The summed E-state index contributed by atoms with van der Waals surface area (Å²) in [5, 5.41) is 8.65. The van der Waals surface area contributed by atoms with Crippen LogP contribution < -0.4 is 4.74 Å². The third kappa shape index (κ3) is 3.44. The molecule has 1 fully saturated rings. The lowest BCUT2D eigenvalue weighted by Crippen LogP contribution is -2.36. The van der Waals surface area contributed by atoms with Crippen LogP contribution in [-0.2, 0) is 0 Å². The Labute approximate surface area is 112 Å². The largest absolute Gasteiger partial charge is 0.432 e. The summed E-state index contributed by atoms with van der Waals surface area (Å²) in [4.78, 5) is 0. The van der Waals surface area contributed by atoms with Gasteiger partial charge in [0.15, 0.2) is 0 Å². The molecule has 0 aromatic heterocycles. The van der Waals surface area contributed by atoms with Crippen molar-refractivity contribution in [2.75, 3.05) is 0 Å². The number of nitrogens with zero attached hydrogens (tertiary/aromatic N) is 1. The number of benzene rings is 1. The minimum absolute atomic E-state index is 0.114. The Morgan fingerprint density at radius 2 is 1.74 bits per heavy atom. The average Bonchev–Trinajstić information content (AvgIpc) is 2.40. The summed E-state index contributed by atoms with van der Waals surface area (Å²) in [6.45, 7) is 2.09. The maximum Gasteiger partial charge on any atom is 0.400 e. The van der Waals surface area contributed by atoms with Gasteiger partial charge in [-0.05, 0) is 43.0 Å². The zero-order valence-electron chi connectivity index (χ0n) is 10.9. The molecule has 0 unspecified atom stereocenters. The lowest BCUT2D eigenvalue weighted by Gasteiger charge is -2.32. The molecule has 1 aromatic carbocycles. The molecule has 0 saturated heterocycles. The third-order valence-electron chi connectivity index (χ3n) is 3.73. The fraction of sp³-hybridized carbons (Fsp3) is 0.533. The van der Waals surface area contributed by atoms with Crippen molar-refractivity contribution >= 4 is 0 Å². The van der Waals surface area contributed by atoms with Gasteiger partial charge >= 0.3 is 6.11 Å². The third-order valence-corrected chi connectivity index (χ3v) is 3.73. The maximum absolute atomic E-state index is 14.0. The van der Waals surface area contributed by atoms with Crippen molar-refractivity contribution in [1.29, 1.82) is 5.26 Å². The lowest BCUT2D eigenvalue weighted by atomic mass is 9.82. The Kier molecular flexibility index (Phi) is 4.04. The predicted molar refractivity (Wildman–Crippen MR) is 67.9 cm³/mol. The maximum atomic E-state index is 14.0. The summed E-state index contributed by atoms with van der Waals surface area (Å²) in [7, 11) is 0. The number of halogens is 2. The average molecular weight is 265 g/mol. The molecule has 4 heteroatoms. The van der Waals surface area contributed by atoms with Gasteiger partial charge in [0.25, 0.3) is 0 Å². The Hall–Kier alpha value is -1.63. The molecule has 1 aliphatic rings. The highest BCUT2D eigenvalue weighted by Gasteiger charge is 2.43. The normalized spacial score (nSPS) is 23.7. The van der Waals surface area contributed by atoms with E-state index in [1.165, 1.54) is 24.3 Å². The second-order valence-electron chi connectivity index (χ2n) is 5.26.